The first kappa shape index (κ1) is 20.1. The van der Waals surface area contributed by atoms with Crippen LogP contribution in [0.25, 0.3) is 0 Å². The van der Waals surface area contributed by atoms with E-state index >= 15 is 0 Å². The standard InChI is InChI=1S/C17H17BrN2O5S/c1-10-7-14(4-6-16(10)26(19,23)24)20-17(22)12-3-5-15(18)13(8-12)9-25-11(2)21/h3-8H,9H2,1-2H3,(H,20,22)(H2,19,23,24). The number of primary sulfonamides is 1. The van der Waals surface area contributed by atoms with Crippen LogP contribution >= 0.6 is 15.9 Å². The van der Waals surface area contributed by atoms with Crippen LogP contribution in [0.2, 0.25) is 0 Å². The van der Waals surface area contributed by atoms with E-state index in [0.717, 1.165) is 0 Å². The monoisotopic (exact) mass is 440 g/mol. The van der Waals surface area contributed by atoms with E-state index in [4.69, 9.17) is 9.88 Å². The lowest BCUT2D eigenvalue weighted by molar-refractivity contribution is -0.142. The van der Waals surface area contributed by atoms with E-state index in [1.165, 1.54) is 25.1 Å². The van der Waals surface area contributed by atoms with Crippen molar-refractivity contribution in [2.45, 2.75) is 25.3 Å². The lowest BCUT2D eigenvalue weighted by atomic mass is 10.1. The number of rotatable bonds is 5. The van der Waals surface area contributed by atoms with Crippen LogP contribution in [0.5, 0.6) is 0 Å². The molecule has 2 aromatic carbocycles. The lowest BCUT2D eigenvalue weighted by Crippen LogP contribution is -2.15. The molecule has 3 N–H and O–H groups in total. The van der Waals surface area contributed by atoms with Gasteiger partial charge in [0, 0.05) is 28.2 Å². The summed E-state index contributed by atoms with van der Waals surface area (Å²) < 4.78 is 28.5. The zero-order valence-corrected chi connectivity index (χ0v) is 16.5. The molecule has 0 saturated carbocycles. The number of ether oxygens (including phenoxy) is 1. The molecule has 0 aliphatic rings. The Morgan fingerprint density at radius 1 is 1.19 bits per heavy atom. The highest BCUT2D eigenvalue weighted by atomic mass is 79.9. The first-order valence-corrected chi connectivity index (χ1v) is 9.78. The summed E-state index contributed by atoms with van der Waals surface area (Å²) >= 11 is 3.34. The van der Waals surface area contributed by atoms with E-state index in [1.807, 2.05) is 0 Å². The molecule has 0 spiro atoms. The molecule has 0 fully saturated rings. The van der Waals surface area contributed by atoms with Crippen LogP contribution in [0.1, 0.15) is 28.4 Å². The van der Waals surface area contributed by atoms with Crippen LogP contribution in [0, 0.1) is 6.92 Å². The highest BCUT2D eigenvalue weighted by molar-refractivity contribution is 9.10. The van der Waals surface area contributed by atoms with Crippen LogP contribution < -0.4 is 10.5 Å². The molecule has 0 bridgehead atoms. The number of amides is 1. The summed E-state index contributed by atoms with van der Waals surface area (Å²) in [4.78, 5) is 23.4. The van der Waals surface area contributed by atoms with E-state index in [0.29, 0.717) is 26.9 Å². The molecule has 0 radical (unpaired) electrons. The topological polar surface area (TPSA) is 116 Å². The van der Waals surface area contributed by atoms with Crippen LogP contribution in [0.15, 0.2) is 45.8 Å². The highest BCUT2D eigenvalue weighted by Crippen LogP contribution is 2.22. The fourth-order valence-corrected chi connectivity index (χ4v) is 3.38. The van der Waals surface area contributed by atoms with Crippen molar-refractivity contribution in [1.29, 1.82) is 0 Å². The van der Waals surface area contributed by atoms with Crippen molar-refractivity contribution >= 4 is 43.5 Å². The molecule has 138 valence electrons. The molecular formula is C17H17BrN2O5S. The van der Waals surface area contributed by atoms with Gasteiger partial charge in [-0.05, 0) is 48.9 Å². The van der Waals surface area contributed by atoms with Gasteiger partial charge in [0.2, 0.25) is 10.0 Å². The maximum atomic E-state index is 12.4. The second-order valence-corrected chi connectivity index (χ2v) is 7.95. The van der Waals surface area contributed by atoms with Crippen LogP contribution in [-0.2, 0) is 26.2 Å². The quantitative estimate of drug-likeness (QED) is 0.693. The van der Waals surface area contributed by atoms with Crippen LogP contribution in [0.3, 0.4) is 0 Å². The smallest absolute Gasteiger partial charge is 0.302 e. The Bertz CT molecular complexity index is 973. The molecule has 2 aromatic rings. The second kappa shape index (κ2) is 7.98. The number of carbonyl (C=O) groups excluding carboxylic acids is 2. The predicted octanol–water partition coefficient (Wildman–Crippen LogP) is 2.72. The van der Waals surface area contributed by atoms with Crippen LogP contribution in [-0.4, -0.2) is 20.3 Å². The Morgan fingerprint density at radius 2 is 1.88 bits per heavy atom. The maximum absolute atomic E-state index is 12.4. The first-order chi connectivity index (χ1) is 12.1. The molecule has 0 atom stereocenters. The number of aryl methyl sites for hydroxylation is 1. The Balaban J connectivity index is 2.21. The third kappa shape index (κ3) is 5.13. The van der Waals surface area contributed by atoms with Gasteiger partial charge in [0.15, 0.2) is 0 Å². The number of benzene rings is 2. The van der Waals surface area contributed by atoms with E-state index in [1.54, 1.807) is 25.1 Å². The van der Waals surface area contributed by atoms with Gasteiger partial charge in [-0.25, -0.2) is 13.6 Å². The Kier molecular flexibility index (Phi) is 6.17. The fourth-order valence-electron chi connectivity index (χ4n) is 2.26. The van der Waals surface area contributed by atoms with Gasteiger partial charge in [-0.15, -0.1) is 0 Å². The Morgan fingerprint density at radius 3 is 2.46 bits per heavy atom. The molecule has 0 aliphatic carbocycles. The minimum Gasteiger partial charge on any atom is -0.461 e. The summed E-state index contributed by atoms with van der Waals surface area (Å²) in [6.07, 6.45) is 0. The third-order valence-corrected chi connectivity index (χ3v) is 5.32. The van der Waals surface area contributed by atoms with Crippen LogP contribution in [0.4, 0.5) is 5.69 Å². The van der Waals surface area contributed by atoms with Crippen molar-refractivity contribution in [2.24, 2.45) is 5.14 Å². The molecule has 7 nitrogen and oxygen atoms in total. The number of esters is 1. The minimum absolute atomic E-state index is 0.00260. The van der Waals surface area contributed by atoms with Gasteiger partial charge < -0.3 is 10.1 Å². The molecule has 0 aliphatic heterocycles. The lowest BCUT2D eigenvalue weighted by Gasteiger charge is -2.10. The number of halogens is 1. The van der Waals surface area contributed by atoms with Gasteiger partial charge in [-0.3, -0.25) is 9.59 Å². The van der Waals surface area contributed by atoms with Crippen molar-refractivity contribution in [3.63, 3.8) is 0 Å². The normalized spacial score (nSPS) is 11.1. The molecule has 0 saturated heterocycles. The van der Waals surface area contributed by atoms with Gasteiger partial charge in [-0.2, -0.15) is 0 Å². The summed E-state index contributed by atoms with van der Waals surface area (Å²) in [6.45, 7) is 2.93. The van der Waals surface area contributed by atoms with Crippen molar-refractivity contribution in [3.8, 4) is 0 Å². The van der Waals surface area contributed by atoms with E-state index < -0.39 is 16.0 Å². The number of hydrogen-bond donors (Lipinski definition) is 2. The second-order valence-electron chi connectivity index (χ2n) is 5.57. The van der Waals surface area contributed by atoms with Crippen molar-refractivity contribution in [2.75, 3.05) is 5.32 Å². The SMILES string of the molecule is CC(=O)OCc1cc(C(=O)Nc2ccc(S(N)(=O)=O)c(C)c2)ccc1Br. The third-order valence-electron chi connectivity index (χ3n) is 3.48. The summed E-state index contributed by atoms with van der Waals surface area (Å²) in [5.74, 6) is -0.804. The minimum atomic E-state index is -3.81. The molecule has 26 heavy (non-hydrogen) atoms. The van der Waals surface area contributed by atoms with Gasteiger partial charge in [0.1, 0.15) is 6.61 Å². The van der Waals surface area contributed by atoms with Gasteiger partial charge >= 0.3 is 5.97 Å². The van der Waals surface area contributed by atoms with Gasteiger partial charge in [-0.1, -0.05) is 15.9 Å². The molecule has 9 heteroatoms. The molecule has 1 amide bonds. The zero-order chi connectivity index (χ0) is 19.5. The van der Waals surface area contributed by atoms with Crippen molar-refractivity contribution in [3.05, 3.63) is 57.6 Å². The molecule has 0 aromatic heterocycles. The van der Waals surface area contributed by atoms with Crippen molar-refractivity contribution < 1.29 is 22.7 Å². The summed E-state index contributed by atoms with van der Waals surface area (Å²) in [5, 5.41) is 7.82. The molecule has 2 rings (SSSR count). The number of nitrogens with two attached hydrogens (primary N) is 1. The maximum Gasteiger partial charge on any atom is 0.302 e. The Hall–Kier alpha value is -2.23. The number of nitrogens with one attached hydrogen (secondary N) is 1. The molecule has 0 unspecified atom stereocenters. The summed E-state index contributed by atoms with van der Waals surface area (Å²) in [5.41, 5.74) is 1.87. The molecular weight excluding hydrogens is 424 g/mol. The van der Waals surface area contributed by atoms with Gasteiger partial charge in [0.05, 0.1) is 4.90 Å². The first-order valence-electron chi connectivity index (χ1n) is 7.44. The average molecular weight is 441 g/mol. The largest absolute Gasteiger partial charge is 0.461 e. The predicted molar refractivity (Wildman–Crippen MR) is 100 cm³/mol. The number of anilines is 1. The number of sulfonamides is 1. The van der Waals surface area contributed by atoms with Crippen molar-refractivity contribution in [1.82, 2.24) is 0 Å². The van der Waals surface area contributed by atoms with E-state index in [9.17, 15) is 18.0 Å². The summed E-state index contributed by atoms with van der Waals surface area (Å²) in [6, 6.07) is 9.23. The van der Waals surface area contributed by atoms with E-state index in [-0.39, 0.29) is 17.4 Å². The average Bonchev–Trinajstić information content (AvgIpc) is 2.52. The van der Waals surface area contributed by atoms with E-state index in [2.05, 4.69) is 21.2 Å². The number of hydrogen-bond acceptors (Lipinski definition) is 5. The number of carbonyl (C=O) groups is 2. The Labute approximate surface area is 159 Å². The summed E-state index contributed by atoms with van der Waals surface area (Å²) in [7, 11) is -3.81. The highest BCUT2D eigenvalue weighted by Gasteiger charge is 2.14. The zero-order valence-electron chi connectivity index (χ0n) is 14.1. The molecule has 0 heterocycles. The van der Waals surface area contributed by atoms with Gasteiger partial charge in [0.25, 0.3) is 5.91 Å². The fraction of sp³-hybridized carbons (Fsp3) is 0.176.